The van der Waals surface area contributed by atoms with Gasteiger partial charge in [-0.05, 0) is 43.9 Å². The summed E-state index contributed by atoms with van der Waals surface area (Å²) in [6, 6.07) is 4.98. The highest BCUT2D eigenvalue weighted by atomic mass is 19.4. The molecule has 1 aromatic heterocycles. The van der Waals surface area contributed by atoms with E-state index in [0.717, 1.165) is 17.7 Å². The molecule has 8 nitrogen and oxygen atoms in total. The second-order valence-corrected chi connectivity index (χ2v) is 9.15. The van der Waals surface area contributed by atoms with Crippen LogP contribution in [0, 0.1) is 0 Å². The van der Waals surface area contributed by atoms with E-state index in [1.165, 1.54) is 12.1 Å². The van der Waals surface area contributed by atoms with Crippen molar-refractivity contribution in [3.05, 3.63) is 47.1 Å². The third-order valence-corrected chi connectivity index (χ3v) is 6.67. The third kappa shape index (κ3) is 6.32. The van der Waals surface area contributed by atoms with E-state index in [0.29, 0.717) is 76.8 Å². The number of piperidine rings is 2. The first-order valence-electron chi connectivity index (χ1n) is 12.0. The molecule has 4 rings (SSSR count). The summed E-state index contributed by atoms with van der Waals surface area (Å²) in [4.78, 5) is 21.3. The Morgan fingerprint density at radius 1 is 1.14 bits per heavy atom. The molecule has 3 heterocycles. The number of likely N-dealkylation sites (tertiary alicyclic amines) is 2. The van der Waals surface area contributed by atoms with E-state index in [-0.39, 0.29) is 17.9 Å². The maximum absolute atomic E-state index is 13.3. The zero-order valence-corrected chi connectivity index (χ0v) is 19.7. The minimum Gasteiger partial charge on any atom is -0.393 e. The minimum absolute atomic E-state index is 0.144. The first kappa shape index (κ1) is 25.4. The molecular formula is C24H31F3N4O4. The molecular weight excluding hydrogens is 465 g/mol. The second kappa shape index (κ2) is 10.9. The number of ether oxygens (including phenoxy) is 1. The van der Waals surface area contributed by atoms with Gasteiger partial charge in [0.25, 0.3) is 0 Å². The molecule has 0 radical (unpaired) electrons. The molecule has 11 heteroatoms. The highest BCUT2D eigenvalue weighted by Gasteiger charge is 2.37. The molecule has 2 aliphatic rings. The highest BCUT2D eigenvalue weighted by Crippen LogP contribution is 2.37. The van der Waals surface area contributed by atoms with Gasteiger partial charge in [-0.15, -0.1) is 0 Å². The molecule has 2 fully saturated rings. The van der Waals surface area contributed by atoms with E-state index in [1.807, 2.05) is 6.92 Å². The Kier molecular flexibility index (Phi) is 7.95. The van der Waals surface area contributed by atoms with Gasteiger partial charge in [-0.3, -0.25) is 0 Å². The summed E-state index contributed by atoms with van der Waals surface area (Å²) >= 11 is 0. The molecule has 2 unspecified atom stereocenters. The number of aromatic nitrogens is 2. The predicted octanol–water partition coefficient (Wildman–Crippen LogP) is 3.82. The number of nitrogens with zero attached hydrogens (tertiary/aromatic N) is 4. The van der Waals surface area contributed by atoms with E-state index in [9.17, 15) is 23.1 Å². The number of benzene rings is 1. The van der Waals surface area contributed by atoms with Crippen LogP contribution in [0.15, 0.2) is 28.8 Å². The summed E-state index contributed by atoms with van der Waals surface area (Å²) in [5.74, 6) is 0.505. The fraction of sp³-hybridized carbons (Fsp3) is 0.625. The van der Waals surface area contributed by atoms with Crippen molar-refractivity contribution in [2.75, 3.05) is 39.4 Å². The summed E-state index contributed by atoms with van der Waals surface area (Å²) in [7, 11) is 0. The lowest BCUT2D eigenvalue weighted by molar-refractivity contribution is -0.137. The van der Waals surface area contributed by atoms with Crippen LogP contribution in [0.1, 0.15) is 60.9 Å². The second-order valence-electron chi connectivity index (χ2n) is 9.15. The molecule has 2 atom stereocenters. The van der Waals surface area contributed by atoms with Crippen molar-refractivity contribution in [2.45, 2.75) is 56.7 Å². The minimum atomic E-state index is -4.41. The number of alkyl halides is 3. The Labute approximate surface area is 202 Å². The normalized spacial score (nSPS) is 22.0. The van der Waals surface area contributed by atoms with Crippen LogP contribution < -0.4 is 0 Å². The van der Waals surface area contributed by atoms with Crippen molar-refractivity contribution >= 4 is 6.03 Å². The highest BCUT2D eigenvalue weighted by molar-refractivity contribution is 5.75. The van der Waals surface area contributed by atoms with E-state index < -0.39 is 17.8 Å². The molecule has 1 N–H and O–H groups in total. The SMILES string of the molecule is CCOCCc1noc(C2CC(c3ccc(C(F)(F)F)cc3)CN(C(=O)N3CCC(O)CC3)C2)n1. The van der Waals surface area contributed by atoms with Crippen LogP contribution in [0.2, 0.25) is 0 Å². The number of amides is 2. The molecule has 0 saturated carbocycles. The number of carbonyl (C=O) groups is 1. The maximum atomic E-state index is 13.3. The molecule has 192 valence electrons. The lowest BCUT2D eigenvalue weighted by Gasteiger charge is -2.40. The average Bonchev–Trinajstić information content (AvgIpc) is 3.32. The first-order valence-corrected chi connectivity index (χ1v) is 12.0. The maximum Gasteiger partial charge on any atom is 0.416 e. The van der Waals surface area contributed by atoms with Crippen molar-refractivity contribution in [3.63, 3.8) is 0 Å². The molecule has 35 heavy (non-hydrogen) atoms. The Hall–Kier alpha value is -2.66. The predicted molar refractivity (Wildman–Crippen MR) is 120 cm³/mol. The molecule has 2 aliphatic heterocycles. The number of aliphatic hydroxyl groups is 1. The van der Waals surface area contributed by atoms with Crippen molar-refractivity contribution in [1.82, 2.24) is 19.9 Å². The van der Waals surface area contributed by atoms with Crippen LogP contribution in [-0.4, -0.2) is 76.6 Å². The van der Waals surface area contributed by atoms with E-state index >= 15 is 0 Å². The van der Waals surface area contributed by atoms with Crippen LogP contribution >= 0.6 is 0 Å². The number of halogens is 3. The molecule has 2 aromatic rings. The average molecular weight is 497 g/mol. The van der Waals surface area contributed by atoms with E-state index in [4.69, 9.17) is 9.26 Å². The Balaban J connectivity index is 1.54. The van der Waals surface area contributed by atoms with Crippen LogP contribution in [0.25, 0.3) is 0 Å². The number of hydrogen-bond donors (Lipinski definition) is 1. The van der Waals surface area contributed by atoms with Crippen LogP contribution in [0.4, 0.5) is 18.0 Å². The molecule has 0 aliphatic carbocycles. The van der Waals surface area contributed by atoms with Crippen LogP contribution in [0.5, 0.6) is 0 Å². The molecule has 0 spiro atoms. The fourth-order valence-electron chi connectivity index (χ4n) is 4.72. The number of rotatable bonds is 6. The summed E-state index contributed by atoms with van der Waals surface area (Å²) < 4.78 is 50.0. The number of carbonyl (C=O) groups excluding carboxylic acids is 1. The zero-order valence-electron chi connectivity index (χ0n) is 19.7. The lowest BCUT2D eigenvalue weighted by atomic mass is 9.84. The van der Waals surface area contributed by atoms with Gasteiger partial charge in [0.1, 0.15) is 0 Å². The van der Waals surface area contributed by atoms with E-state index in [2.05, 4.69) is 10.1 Å². The topological polar surface area (TPSA) is 91.9 Å². The Morgan fingerprint density at radius 3 is 2.49 bits per heavy atom. The number of hydrogen-bond acceptors (Lipinski definition) is 6. The molecule has 2 amide bonds. The van der Waals surface area contributed by atoms with Gasteiger partial charge in [0.15, 0.2) is 5.82 Å². The fourth-order valence-corrected chi connectivity index (χ4v) is 4.72. The third-order valence-electron chi connectivity index (χ3n) is 6.67. The first-order chi connectivity index (χ1) is 16.7. The number of aliphatic hydroxyl groups excluding tert-OH is 1. The molecule has 1 aromatic carbocycles. The van der Waals surface area contributed by atoms with Gasteiger partial charge in [0.2, 0.25) is 5.89 Å². The monoisotopic (exact) mass is 496 g/mol. The van der Waals surface area contributed by atoms with Crippen molar-refractivity contribution in [3.8, 4) is 0 Å². The van der Waals surface area contributed by atoms with E-state index in [1.54, 1.807) is 9.80 Å². The Morgan fingerprint density at radius 2 is 1.83 bits per heavy atom. The quantitative estimate of drug-likeness (QED) is 0.612. The lowest BCUT2D eigenvalue weighted by Crippen LogP contribution is -2.51. The summed E-state index contributed by atoms with van der Waals surface area (Å²) in [6.45, 7) is 4.65. The molecule has 0 bridgehead atoms. The smallest absolute Gasteiger partial charge is 0.393 e. The van der Waals surface area contributed by atoms with Crippen molar-refractivity contribution in [1.29, 1.82) is 0 Å². The van der Waals surface area contributed by atoms with Gasteiger partial charge < -0.3 is 24.2 Å². The van der Waals surface area contributed by atoms with Gasteiger partial charge in [0.05, 0.1) is 24.2 Å². The summed E-state index contributed by atoms with van der Waals surface area (Å²) in [5.41, 5.74) is 0.0231. The van der Waals surface area contributed by atoms with Gasteiger partial charge in [-0.1, -0.05) is 17.3 Å². The standard InChI is InChI=1S/C24H31F3N4O4/c1-2-34-12-9-21-28-22(35-29-21)18-13-17(16-3-5-19(6-4-16)24(25,26)27)14-31(15-18)23(33)30-10-7-20(32)8-11-30/h3-6,17-18,20,32H,2,7-15H2,1H3. The number of urea groups is 1. The summed E-state index contributed by atoms with van der Waals surface area (Å²) in [6.07, 6.45) is -2.68. The Bertz CT molecular complexity index is 974. The van der Waals surface area contributed by atoms with Gasteiger partial charge in [-0.25, -0.2) is 4.79 Å². The molecule has 2 saturated heterocycles. The van der Waals surface area contributed by atoms with Gasteiger partial charge >= 0.3 is 12.2 Å². The summed E-state index contributed by atoms with van der Waals surface area (Å²) in [5, 5.41) is 13.8. The van der Waals surface area contributed by atoms with Crippen LogP contribution in [-0.2, 0) is 17.3 Å². The largest absolute Gasteiger partial charge is 0.416 e. The van der Waals surface area contributed by atoms with Crippen LogP contribution in [0.3, 0.4) is 0 Å². The van der Waals surface area contributed by atoms with Crippen molar-refractivity contribution < 1.29 is 32.3 Å². The van der Waals surface area contributed by atoms with Gasteiger partial charge in [0, 0.05) is 45.1 Å². The zero-order chi connectivity index (χ0) is 25.0. The van der Waals surface area contributed by atoms with Gasteiger partial charge in [-0.2, -0.15) is 18.2 Å². The van der Waals surface area contributed by atoms with Crippen molar-refractivity contribution in [2.24, 2.45) is 0 Å².